The van der Waals surface area contributed by atoms with Crippen molar-refractivity contribution in [2.75, 3.05) is 19.0 Å². The van der Waals surface area contributed by atoms with Crippen LogP contribution in [0.5, 0.6) is 5.88 Å². The number of hydrogen-bond donors (Lipinski definition) is 2. The Balaban J connectivity index is 2.98. The van der Waals surface area contributed by atoms with Crippen molar-refractivity contribution in [3.63, 3.8) is 0 Å². The van der Waals surface area contributed by atoms with E-state index in [4.69, 9.17) is 4.74 Å². The molecule has 0 spiro atoms. The van der Waals surface area contributed by atoms with Crippen LogP contribution in [0.3, 0.4) is 0 Å². The van der Waals surface area contributed by atoms with Crippen molar-refractivity contribution in [2.24, 2.45) is 0 Å². The van der Waals surface area contributed by atoms with Gasteiger partial charge in [0.05, 0.1) is 17.6 Å². The fourth-order valence-electron chi connectivity index (χ4n) is 1.55. The third-order valence-electron chi connectivity index (χ3n) is 3.07. The van der Waals surface area contributed by atoms with Crippen molar-refractivity contribution < 1.29 is 14.8 Å². The molecule has 0 aliphatic rings. The van der Waals surface area contributed by atoms with Gasteiger partial charge >= 0.3 is 5.69 Å². The van der Waals surface area contributed by atoms with Crippen LogP contribution in [0.15, 0.2) is 6.33 Å². The van der Waals surface area contributed by atoms with Gasteiger partial charge in [0.25, 0.3) is 5.88 Å². The molecule has 0 radical (unpaired) electrons. The van der Waals surface area contributed by atoms with Crippen LogP contribution >= 0.6 is 0 Å². The second-order valence-corrected chi connectivity index (χ2v) is 4.12. The van der Waals surface area contributed by atoms with E-state index in [1.165, 1.54) is 13.4 Å². The minimum Gasteiger partial charge on any atom is -0.476 e. The number of anilines is 1. The highest BCUT2D eigenvalue weighted by atomic mass is 16.6. The van der Waals surface area contributed by atoms with Crippen LogP contribution in [-0.4, -0.2) is 39.3 Å². The number of aliphatic hydroxyl groups is 1. The van der Waals surface area contributed by atoms with E-state index in [0.29, 0.717) is 12.8 Å². The molecule has 0 aliphatic carbocycles. The van der Waals surface area contributed by atoms with E-state index in [1.54, 1.807) is 0 Å². The van der Waals surface area contributed by atoms with Crippen molar-refractivity contribution in [3.05, 3.63) is 16.4 Å². The third-order valence-corrected chi connectivity index (χ3v) is 3.07. The highest BCUT2D eigenvalue weighted by Crippen LogP contribution is 2.30. The molecule has 0 unspecified atom stereocenters. The van der Waals surface area contributed by atoms with Gasteiger partial charge in [-0.25, -0.2) is 4.98 Å². The van der Waals surface area contributed by atoms with Gasteiger partial charge in [-0.1, -0.05) is 13.8 Å². The van der Waals surface area contributed by atoms with E-state index in [-0.39, 0.29) is 23.9 Å². The molecule has 1 aromatic heterocycles. The van der Waals surface area contributed by atoms with Gasteiger partial charge in [0, 0.05) is 6.54 Å². The summed E-state index contributed by atoms with van der Waals surface area (Å²) in [5.41, 5.74) is -1.26. The van der Waals surface area contributed by atoms with Crippen LogP contribution in [0.25, 0.3) is 0 Å². The molecule has 0 saturated carbocycles. The van der Waals surface area contributed by atoms with Crippen molar-refractivity contribution in [2.45, 2.75) is 32.3 Å². The maximum atomic E-state index is 11.0. The summed E-state index contributed by atoms with van der Waals surface area (Å²) in [6.07, 6.45) is 2.24. The Morgan fingerprint density at radius 1 is 1.47 bits per heavy atom. The number of nitrogens with zero attached hydrogens (tertiary/aromatic N) is 3. The predicted octanol–water partition coefficient (Wildman–Crippen LogP) is 1.36. The second kappa shape index (κ2) is 6.28. The lowest BCUT2D eigenvalue weighted by molar-refractivity contribution is -0.385. The first-order valence-electron chi connectivity index (χ1n) is 5.97. The Kier molecular flexibility index (Phi) is 4.99. The topological polar surface area (TPSA) is 110 Å². The molecule has 0 aliphatic heterocycles. The van der Waals surface area contributed by atoms with Crippen molar-refractivity contribution in [1.82, 2.24) is 9.97 Å². The van der Waals surface area contributed by atoms with Gasteiger partial charge < -0.3 is 15.2 Å². The molecule has 0 aromatic carbocycles. The molecular weight excluding hydrogens is 252 g/mol. The minimum absolute atomic E-state index is 0.0391. The number of rotatable bonds is 7. The molecular formula is C11H18N4O4. The van der Waals surface area contributed by atoms with E-state index in [9.17, 15) is 15.2 Å². The van der Waals surface area contributed by atoms with Gasteiger partial charge in [0.1, 0.15) is 6.33 Å². The smallest absolute Gasteiger partial charge is 0.372 e. The molecule has 19 heavy (non-hydrogen) atoms. The van der Waals surface area contributed by atoms with Crippen LogP contribution < -0.4 is 10.1 Å². The number of methoxy groups -OCH3 is 1. The molecule has 8 heteroatoms. The van der Waals surface area contributed by atoms with Crippen LogP contribution in [0.2, 0.25) is 0 Å². The Bertz CT molecular complexity index is 448. The van der Waals surface area contributed by atoms with Crippen LogP contribution in [0.1, 0.15) is 26.7 Å². The number of ether oxygens (including phenoxy) is 1. The largest absolute Gasteiger partial charge is 0.476 e. The zero-order valence-corrected chi connectivity index (χ0v) is 11.2. The summed E-state index contributed by atoms with van der Waals surface area (Å²) in [5.74, 6) is -0.0730. The summed E-state index contributed by atoms with van der Waals surface area (Å²) in [6, 6.07) is 0. The second-order valence-electron chi connectivity index (χ2n) is 4.12. The van der Waals surface area contributed by atoms with E-state index < -0.39 is 10.5 Å². The summed E-state index contributed by atoms with van der Waals surface area (Å²) in [5, 5.41) is 23.9. The molecule has 0 atom stereocenters. The van der Waals surface area contributed by atoms with E-state index in [1.807, 2.05) is 13.8 Å². The summed E-state index contributed by atoms with van der Waals surface area (Å²) in [6.45, 7) is 3.86. The van der Waals surface area contributed by atoms with E-state index in [2.05, 4.69) is 15.3 Å². The number of nitro groups is 1. The summed E-state index contributed by atoms with van der Waals surface area (Å²) in [7, 11) is 1.30. The molecule has 0 bridgehead atoms. The molecule has 106 valence electrons. The van der Waals surface area contributed by atoms with Gasteiger partial charge in [0.15, 0.2) is 0 Å². The first kappa shape index (κ1) is 15.1. The minimum atomic E-state index is -0.925. The highest BCUT2D eigenvalue weighted by Gasteiger charge is 2.27. The normalized spacial score (nSPS) is 11.2. The number of nitrogens with one attached hydrogen (secondary N) is 1. The predicted molar refractivity (Wildman–Crippen MR) is 69.3 cm³/mol. The van der Waals surface area contributed by atoms with Gasteiger partial charge in [-0.3, -0.25) is 10.1 Å². The molecule has 0 fully saturated rings. The zero-order chi connectivity index (χ0) is 14.5. The fourth-order valence-corrected chi connectivity index (χ4v) is 1.55. The Morgan fingerprint density at radius 2 is 2.11 bits per heavy atom. The van der Waals surface area contributed by atoms with Crippen LogP contribution in [-0.2, 0) is 0 Å². The SMILES string of the molecule is CCC(O)(CC)CNc1ncnc(OC)c1[N+](=O)[O-]. The highest BCUT2D eigenvalue weighted by molar-refractivity contribution is 5.61. The number of hydrogen-bond acceptors (Lipinski definition) is 7. The average Bonchev–Trinajstić information content (AvgIpc) is 2.43. The van der Waals surface area contributed by atoms with Crippen LogP contribution in [0.4, 0.5) is 11.5 Å². The molecule has 1 aromatic rings. The molecule has 2 N–H and O–H groups in total. The Morgan fingerprint density at radius 3 is 2.58 bits per heavy atom. The van der Waals surface area contributed by atoms with E-state index >= 15 is 0 Å². The summed E-state index contributed by atoms with van der Waals surface area (Å²) in [4.78, 5) is 17.9. The molecule has 1 rings (SSSR count). The molecule has 8 nitrogen and oxygen atoms in total. The maximum Gasteiger partial charge on any atom is 0.372 e. The van der Waals surface area contributed by atoms with Crippen molar-refractivity contribution >= 4 is 11.5 Å². The molecule has 0 saturated heterocycles. The zero-order valence-electron chi connectivity index (χ0n) is 11.2. The van der Waals surface area contributed by atoms with Crippen molar-refractivity contribution in [1.29, 1.82) is 0 Å². The van der Waals surface area contributed by atoms with Gasteiger partial charge in [-0.15, -0.1) is 0 Å². The van der Waals surface area contributed by atoms with Gasteiger partial charge in [-0.2, -0.15) is 4.98 Å². The lowest BCUT2D eigenvalue weighted by atomic mass is 9.98. The van der Waals surface area contributed by atoms with E-state index in [0.717, 1.165) is 0 Å². The van der Waals surface area contributed by atoms with Crippen molar-refractivity contribution in [3.8, 4) is 5.88 Å². The average molecular weight is 270 g/mol. The van der Waals surface area contributed by atoms with Gasteiger partial charge in [-0.05, 0) is 12.8 Å². The summed E-state index contributed by atoms with van der Waals surface area (Å²) < 4.78 is 4.84. The Hall–Kier alpha value is -1.96. The van der Waals surface area contributed by atoms with Crippen LogP contribution in [0, 0.1) is 10.1 Å². The third kappa shape index (κ3) is 3.50. The van der Waals surface area contributed by atoms with Gasteiger partial charge in [0.2, 0.25) is 5.82 Å². The maximum absolute atomic E-state index is 11.0. The fraction of sp³-hybridized carbons (Fsp3) is 0.636. The lowest BCUT2D eigenvalue weighted by Crippen LogP contribution is -2.35. The first-order chi connectivity index (χ1) is 8.97. The Labute approximate surface area is 111 Å². The first-order valence-corrected chi connectivity index (χ1v) is 5.97. The number of aromatic nitrogens is 2. The summed E-state index contributed by atoms with van der Waals surface area (Å²) >= 11 is 0. The standard InChI is InChI=1S/C11H18N4O4/c1-4-11(16,5-2)6-12-9-8(15(17)18)10(19-3)14-7-13-9/h7,16H,4-6H2,1-3H3,(H,12,13,14). The lowest BCUT2D eigenvalue weighted by Gasteiger charge is -2.25. The molecule has 0 amide bonds. The monoisotopic (exact) mass is 270 g/mol. The molecule has 1 heterocycles. The quantitative estimate of drug-likeness (QED) is 0.568.